The van der Waals surface area contributed by atoms with Gasteiger partial charge < -0.3 is 14.6 Å². The summed E-state index contributed by atoms with van der Waals surface area (Å²) < 4.78 is 21.5. The lowest BCUT2D eigenvalue weighted by Gasteiger charge is -2.13. The van der Waals surface area contributed by atoms with Crippen molar-refractivity contribution in [3.8, 4) is 5.75 Å². The summed E-state index contributed by atoms with van der Waals surface area (Å²) in [6, 6.07) is 17.5. The lowest BCUT2D eigenvalue weighted by molar-refractivity contribution is 0.101. The maximum atomic E-state index is 13.2. The molecular formula is C21H17FN2O2S. The van der Waals surface area contributed by atoms with E-state index in [-0.39, 0.29) is 11.7 Å². The summed E-state index contributed by atoms with van der Waals surface area (Å²) in [6.07, 6.45) is 0. The molecule has 2 aromatic carbocycles. The zero-order valence-electron chi connectivity index (χ0n) is 14.6. The molecule has 0 saturated carbocycles. The largest absolute Gasteiger partial charge is 0.495 e. The molecule has 0 fully saturated rings. The lowest BCUT2D eigenvalue weighted by Crippen LogP contribution is -2.18. The van der Waals surface area contributed by atoms with Gasteiger partial charge in [0.25, 0.3) is 5.91 Å². The average molecular weight is 380 g/mol. The molecule has 0 aliphatic heterocycles. The minimum atomic E-state index is -0.277. The van der Waals surface area contributed by atoms with Crippen LogP contribution >= 0.6 is 11.3 Å². The predicted octanol–water partition coefficient (Wildman–Crippen LogP) is 5.15. The van der Waals surface area contributed by atoms with Crippen LogP contribution in [0.4, 0.5) is 10.1 Å². The van der Waals surface area contributed by atoms with Crippen molar-refractivity contribution in [1.29, 1.82) is 0 Å². The smallest absolute Gasteiger partial charge is 0.272 e. The third kappa shape index (κ3) is 3.44. The minimum absolute atomic E-state index is 0.218. The summed E-state index contributed by atoms with van der Waals surface area (Å²) in [6.45, 7) is 0.481. The van der Waals surface area contributed by atoms with Gasteiger partial charge in [-0.25, -0.2) is 4.39 Å². The first-order valence-electron chi connectivity index (χ1n) is 8.41. The van der Waals surface area contributed by atoms with E-state index < -0.39 is 0 Å². The molecule has 2 heterocycles. The summed E-state index contributed by atoms with van der Waals surface area (Å²) >= 11 is 1.58. The first kappa shape index (κ1) is 17.3. The third-order valence-corrected chi connectivity index (χ3v) is 5.22. The first-order valence-corrected chi connectivity index (χ1v) is 9.29. The Morgan fingerprint density at radius 3 is 2.70 bits per heavy atom. The van der Waals surface area contributed by atoms with Crippen LogP contribution in [0.1, 0.15) is 16.1 Å². The Morgan fingerprint density at radius 1 is 1.15 bits per heavy atom. The number of aromatic nitrogens is 1. The van der Waals surface area contributed by atoms with E-state index in [1.54, 1.807) is 42.7 Å². The van der Waals surface area contributed by atoms with Gasteiger partial charge >= 0.3 is 0 Å². The molecule has 0 unspecified atom stereocenters. The first-order chi connectivity index (χ1) is 13.2. The van der Waals surface area contributed by atoms with Gasteiger partial charge in [0.1, 0.15) is 17.3 Å². The van der Waals surface area contributed by atoms with Crippen LogP contribution in [0.3, 0.4) is 0 Å². The fourth-order valence-corrected chi connectivity index (χ4v) is 3.86. The molecule has 0 bridgehead atoms. The number of nitrogens with one attached hydrogen (secondary N) is 1. The molecule has 0 atom stereocenters. The summed E-state index contributed by atoms with van der Waals surface area (Å²) in [4.78, 5) is 13.0. The number of benzene rings is 2. The molecule has 2 aromatic heterocycles. The highest BCUT2D eigenvalue weighted by molar-refractivity contribution is 7.17. The summed E-state index contributed by atoms with van der Waals surface area (Å²) in [5.74, 6) is 0.107. The minimum Gasteiger partial charge on any atom is -0.495 e. The lowest BCUT2D eigenvalue weighted by atomic mass is 10.2. The SMILES string of the molecule is COc1ccccc1NC(=O)c1cc2sccc2n1Cc1ccc(F)cc1. The molecule has 4 nitrogen and oxygen atoms in total. The number of halogens is 1. The predicted molar refractivity (Wildman–Crippen MR) is 106 cm³/mol. The Hall–Kier alpha value is -3.12. The number of carbonyl (C=O) groups excluding carboxylic acids is 1. The van der Waals surface area contributed by atoms with Crippen LogP contribution in [0.5, 0.6) is 5.75 Å². The van der Waals surface area contributed by atoms with Crippen LogP contribution in [-0.4, -0.2) is 17.6 Å². The standard InChI is InChI=1S/C21H17FN2O2S/c1-26-19-5-3-2-4-16(19)23-21(25)18-12-20-17(10-11-27-20)24(18)13-14-6-8-15(22)9-7-14/h2-12H,13H2,1H3,(H,23,25). The maximum Gasteiger partial charge on any atom is 0.272 e. The number of thiophene rings is 1. The zero-order chi connectivity index (χ0) is 18.8. The fraction of sp³-hybridized carbons (Fsp3) is 0.0952. The zero-order valence-corrected chi connectivity index (χ0v) is 15.4. The van der Waals surface area contributed by atoms with Gasteiger partial charge in [0.15, 0.2) is 0 Å². The van der Waals surface area contributed by atoms with Crippen molar-refractivity contribution >= 4 is 33.1 Å². The van der Waals surface area contributed by atoms with Gasteiger partial charge in [-0.3, -0.25) is 4.79 Å². The second-order valence-electron chi connectivity index (χ2n) is 6.07. The molecule has 4 aromatic rings. The number of fused-ring (bicyclic) bond motifs is 1. The van der Waals surface area contributed by atoms with E-state index >= 15 is 0 Å². The summed E-state index contributed by atoms with van der Waals surface area (Å²) in [7, 11) is 1.57. The second kappa shape index (κ2) is 7.25. The molecular weight excluding hydrogens is 363 g/mol. The number of amides is 1. The van der Waals surface area contributed by atoms with E-state index in [1.165, 1.54) is 12.1 Å². The van der Waals surface area contributed by atoms with Crippen LogP contribution in [0.25, 0.3) is 10.2 Å². The third-order valence-electron chi connectivity index (χ3n) is 4.36. The van der Waals surface area contributed by atoms with Crippen LogP contribution in [0, 0.1) is 5.82 Å². The van der Waals surface area contributed by atoms with Gasteiger partial charge in [-0.05, 0) is 47.3 Å². The van der Waals surface area contributed by atoms with Crippen molar-refractivity contribution < 1.29 is 13.9 Å². The molecule has 27 heavy (non-hydrogen) atoms. The number of ether oxygens (including phenoxy) is 1. The number of methoxy groups -OCH3 is 1. The molecule has 4 rings (SSSR count). The van der Waals surface area contributed by atoms with Gasteiger partial charge in [-0.1, -0.05) is 24.3 Å². The number of para-hydroxylation sites is 2. The Morgan fingerprint density at radius 2 is 1.93 bits per heavy atom. The molecule has 0 saturated heterocycles. The second-order valence-corrected chi connectivity index (χ2v) is 7.01. The highest BCUT2D eigenvalue weighted by Gasteiger charge is 2.18. The van der Waals surface area contributed by atoms with Crippen LogP contribution in [-0.2, 0) is 6.54 Å². The number of anilines is 1. The van der Waals surface area contributed by atoms with Crippen LogP contribution in [0.2, 0.25) is 0 Å². The number of nitrogens with zero attached hydrogens (tertiary/aromatic N) is 1. The monoisotopic (exact) mass is 380 g/mol. The summed E-state index contributed by atoms with van der Waals surface area (Å²) in [5, 5.41) is 4.92. The number of carbonyl (C=O) groups is 1. The van der Waals surface area contributed by atoms with Gasteiger partial charge in [0.05, 0.1) is 23.0 Å². The highest BCUT2D eigenvalue weighted by Crippen LogP contribution is 2.28. The topological polar surface area (TPSA) is 43.3 Å². The molecule has 0 radical (unpaired) electrons. The van der Waals surface area contributed by atoms with Gasteiger partial charge in [0.2, 0.25) is 0 Å². The van der Waals surface area contributed by atoms with Crippen LogP contribution < -0.4 is 10.1 Å². The van der Waals surface area contributed by atoms with E-state index in [4.69, 9.17) is 4.74 Å². The van der Waals surface area contributed by atoms with Crippen molar-refractivity contribution in [3.63, 3.8) is 0 Å². The van der Waals surface area contributed by atoms with Crippen LogP contribution in [0.15, 0.2) is 66.0 Å². The van der Waals surface area contributed by atoms with Crippen molar-refractivity contribution in [2.24, 2.45) is 0 Å². The van der Waals surface area contributed by atoms with E-state index in [9.17, 15) is 9.18 Å². The molecule has 0 spiro atoms. The molecule has 136 valence electrons. The van der Waals surface area contributed by atoms with Crippen molar-refractivity contribution in [3.05, 3.63) is 83.1 Å². The van der Waals surface area contributed by atoms with Gasteiger partial charge in [-0.2, -0.15) is 0 Å². The van der Waals surface area contributed by atoms with E-state index in [1.807, 2.05) is 34.2 Å². The van der Waals surface area contributed by atoms with Crippen molar-refractivity contribution in [2.75, 3.05) is 12.4 Å². The fourth-order valence-electron chi connectivity index (χ4n) is 3.04. The Bertz CT molecular complexity index is 1100. The quantitative estimate of drug-likeness (QED) is 0.520. The van der Waals surface area contributed by atoms with Crippen molar-refractivity contribution in [1.82, 2.24) is 4.57 Å². The van der Waals surface area contributed by atoms with E-state index in [0.717, 1.165) is 15.8 Å². The van der Waals surface area contributed by atoms with E-state index in [0.29, 0.717) is 23.7 Å². The van der Waals surface area contributed by atoms with Crippen molar-refractivity contribution in [2.45, 2.75) is 6.54 Å². The number of hydrogen-bond acceptors (Lipinski definition) is 3. The maximum absolute atomic E-state index is 13.2. The Kier molecular flexibility index (Phi) is 4.64. The molecule has 0 aliphatic rings. The number of rotatable bonds is 5. The van der Waals surface area contributed by atoms with Gasteiger partial charge in [0, 0.05) is 6.54 Å². The summed E-state index contributed by atoms with van der Waals surface area (Å²) in [5.41, 5.74) is 3.07. The van der Waals surface area contributed by atoms with Gasteiger partial charge in [-0.15, -0.1) is 11.3 Å². The molecule has 0 aliphatic carbocycles. The molecule has 1 N–H and O–H groups in total. The van der Waals surface area contributed by atoms with E-state index in [2.05, 4.69) is 5.32 Å². The Balaban J connectivity index is 1.69. The molecule has 6 heteroatoms. The highest BCUT2D eigenvalue weighted by atomic mass is 32.1. The normalized spacial score (nSPS) is 10.9. The average Bonchev–Trinajstić information content (AvgIpc) is 3.26. The molecule has 1 amide bonds. The Labute approximate surface area is 159 Å². The number of hydrogen-bond donors (Lipinski definition) is 1.